The quantitative estimate of drug-likeness (QED) is 0.0169. The van der Waals surface area contributed by atoms with E-state index in [2.05, 4.69) is 5.32 Å². The van der Waals surface area contributed by atoms with Gasteiger partial charge in [0, 0.05) is 111 Å². The van der Waals surface area contributed by atoms with Gasteiger partial charge >= 0.3 is 5.97 Å². The van der Waals surface area contributed by atoms with Crippen LogP contribution >= 0.6 is 0 Å². The van der Waals surface area contributed by atoms with E-state index in [1.54, 1.807) is 61.5 Å². The normalized spacial score (nSPS) is 18.8. The Morgan fingerprint density at radius 1 is 0.681 bits per heavy atom. The van der Waals surface area contributed by atoms with Gasteiger partial charge in [-0.2, -0.15) is 46.7 Å². The Kier molecular flexibility index (Phi) is 20.9. The van der Waals surface area contributed by atoms with Gasteiger partial charge in [-0.15, -0.1) is 5.06 Å². The van der Waals surface area contributed by atoms with Crippen LogP contribution in [0.1, 0.15) is 97.0 Å². The molecule has 0 radical (unpaired) electrons. The molecule has 1 saturated heterocycles. The molecule has 6 N–H and O–H groups in total. The van der Waals surface area contributed by atoms with Crippen LogP contribution in [0, 0.1) is 13.8 Å². The summed E-state index contributed by atoms with van der Waals surface area (Å²) in [5.74, 6) is -4.65. The number of carbonyl (C=O) groups excluding carboxylic acids is 4. The Balaban J connectivity index is 1.41. The third kappa shape index (κ3) is 15.5. The van der Waals surface area contributed by atoms with Crippen LogP contribution in [0.4, 0.5) is 11.4 Å². The second kappa shape index (κ2) is 27.1. The van der Waals surface area contributed by atoms with E-state index in [1.165, 1.54) is 50.6 Å². The zero-order valence-electron chi connectivity index (χ0n) is 51.2. The predicted molar refractivity (Wildman–Crippen MR) is 337 cm³/mol. The van der Waals surface area contributed by atoms with E-state index < -0.39 is 133 Å². The highest BCUT2D eigenvalue weighted by Crippen LogP contribution is 2.54. The molecule has 5 aromatic carbocycles. The minimum Gasteiger partial charge on any atom is -0.744 e. The Morgan fingerprint density at radius 2 is 1.21 bits per heavy atom. The fourth-order valence-corrected chi connectivity index (χ4v) is 16.1. The fourth-order valence-electron chi connectivity index (χ4n) is 12.4. The highest BCUT2D eigenvalue weighted by Gasteiger charge is 2.50. The first-order valence-corrected chi connectivity index (χ1v) is 37.5. The van der Waals surface area contributed by atoms with Crippen LogP contribution in [0.25, 0.3) is 27.1 Å². The molecule has 29 nitrogen and oxygen atoms in total. The zero-order chi connectivity index (χ0) is 69.6. The number of methoxy groups -OCH3 is 2. The second-order valence-electron chi connectivity index (χ2n) is 23.0. The standard InChI is InChI=1S/C59H66N4O25S6/c1-35-29-38(57(67)60-22-19-53(66)88-63-51(64)17-18-52(63)65)30-36(2)54(35)37(9-15-49-58(3,20-25-86-5)55-43-31-39(91(74,75)76)33-47(93(80,81)82)41(43)11-13-45(55)61(49)23-7-27-89(68,69)70)10-16-50-59(4,21-26-87-6)56-44-32-40(92(77,78)79)34-48(94(83,84)85)42(44)12-14-46(56)62(50)24-8-28-90(71,72)73/h9-16,29-34H,7-8,17-28H2,1-6H3,(H6-,60,67,68,69,70,71,72,73,74,75,76,77,78,79,80,81,82,83,84,85). The van der Waals surface area contributed by atoms with Crippen LogP contribution < -0.4 is 10.2 Å². The van der Waals surface area contributed by atoms with Crippen molar-refractivity contribution in [3.05, 3.63) is 124 Å². The average molecular weight is 1420 g/mol. The molecular weight excluding hydrogens is 1360 g/mol. The van der Waals surface area contributed by atoms with Crippen LogP contribution in [0.3, 0.4) is 0 Å². The lowest BCUT2D eigenvalue weighted by molar-refractivity contribution is -0.437. The molecule has 508 valence electrons. The van der Waals surface area contributed by atoms with Crippen LogP contribution in [-0.4, -0.2) is 175 Å². The number of hydrogen-bond donors (Lipinski definition) is 6. The lowest BCUT2D eigenvalue weighted by Gasteiger charge is -2.31. The Hall–Kier alpha value is -7.23. The number of imide groups is 1. The molecule has 0 aromatic heterocycles. The van der Waals surface area contributed by atoms with E-state index in [1.807, 2.05) is 0 Å². The SMILES string of the molecule is COCCC1(C)C(/C=C/C(=C/C=C2/N(CCCS(=O)(=O)O)c3ccc4c(S(=O)(=O)O)cc(S(=O)(=O)O)cc4c3C2(C)CCOC)c2c(C)cc(C(=O)NCCC(=O)ON3C(=O)CCC3=O)cc2C)=[N+](CCCS(=O)(=O)O)c2ccc3c(S(=O)(=O)[O-])cc(S(=O)(=O)O)cc3c21. The van der Waals surface area contributed by atoms with E-state index >= 15 is 0 Å². The number of rotatable bonds is 27. The van der Waals surface area contributed by atoms with Gasteiger partial charge in [0.15, 0.2) is 5.71 Å². The van der Waals surface area contributed by atoms with Gasteiger partial charge in [-0.3, -0.25) is 37.1 Å². The molecular formula is C59H66N4O25S6. The average Bonchev–Trinajstić information content (AvgIpc) is 1.53. The molecule has 3 amide bonds. The summed E-state index contributed by atoms with van der Waals surface area (Å²) in [6.07, 6.45) is 5.09. The summed E-state index contributed by atoms with van der Waals surface area (Å²) in [5, 5.41) is 2.29. The summed E-state index contributed by atoms with van der Waals surface area (Å²) < 4.78 is 230. The molecule has 35 heteroatoms. The maximum atomic E-state index is 13.9. The molecule has 8 rings (SSSR count). The molecule has 2 unspecified atom stereocenters. The third-order valence-electron chi connectivity index (χ3n) is 16.6. The summed E-state index contributed by atoms with van der Waals surface area (Å²) >= 11 is 0. The largest absolute Gasteiger partial charge is 0.744 e. The number of aryl methyl sites for hydroxylation is 2. The van der Waals surface area contributed by atoms with Gasteiger partial charge in [-0.05, 0) is 146 Å². The maximum absolute atomic E-state index is 13.9. The number of nitrogens with one attached hydrogen (secondary N) is 1. The van der Waals surface area contributed by atoms with Crippen molar-refractivity contribution >= 4 is 129 Å². The monoisotopic (exact) mass is 1420 g/mol. The summed E-state index contributed by atoms with van der Waals surface area (Å²) in [6, 6.07) is 11.5. The van der Waals surface area contributed by atoms with E-state index in [4.69, 9.17) is 14.3 Å². The number of amides is 3. The van der Waals surface area contributed by atoms with Crippen molar-refractivity contribution in [1.29, 1.82) is 0 Å². The summed E-state index contributed by atoms with van der Waals surface area (Å²) in [7, 11) is -27.6. The van der Waals surface area contributed by atoms with E-state index in [9.17, 15) is 97.0 Å². The van der Waals surface area contributed by atoms with Crippen molar-refractivity contribution in [2.45, 2.75) is 103 Å². The molecule has 1 fully saturated rings. The molecule has 0 aliphatic carbocycles. The summed E-state index contributed by atoms with van der Waals surface area (Å²) in [4.78, 5) is 53.4. The highest BCUT2D eigenvalue weighted by atomic mass is 32.2. The number of benzene rings is 5. The van der Waals surface area contributed by atoms with Gasteiger partial charge < -0.3 is 29.1 Å². The fraction of sp³-hybridized carbons (Fsp3) is 0.373. The smallest absolute Gasteiger partial charge is 0.334 e. The molecule has 3 aliphatic rings. The molecule has 3 heterocycles. The number of hydroxylamine groups is 2. The first-order chi connectivity index (χ1) is 43.5. The lowest BCUT2D eigenvalue weighted by atomic mass is 9.74. The molecule has 0 bridgehead atoms. The number of carbonyl (C=O) groups is 4. The number of anilines is 1. The molecule has 5 aromatic rings. The van der Waals surface area contributed by atoms with E-state index in [-0.39, 0.29) is 132 Å². The number of hydrogen-bond acceptors (Lipinski definition) is 21. The van der Waals surface area contributed by atoms with Crippen molar-refractivity contribution in [3.8, 4) is 0 Å². The van der Waals surface area contributed by atoms with Crippen molar-refractivity contribution in [2.24, 2.45) is 0 Å². The maximum Gasteiger partial charge on any atom is 0.334 e. The van der Waals surface area contributed by atoms with Crippen molar-refractivity contribution < 1.29 is 116 Å². The predicted octanol–water partition coefficient (Wildman–Crippen LogP) is 5.27. The van der Waals surface area contributed by atoms with Gasteiger partial charge in [0.05, 0.1) is 38.0 Å². The first kappa shape index (κ1) is 72.6. The van der Waals surface area contributed by atoms with E-state index in [0.717, 1.165) is 12.1 Å². The third-order valence-corrected chi connectivity index (χ3v) is 21.6. The molecule has 0 spiro atoms. The second-order valence-corrected chi connectivity index (χ2v) is 31.7. The Bertz CT molecular complexity index is 4830. The van der Waals surface area contributed by atoms with Crippen molar-refractivity contribution in [1.82, 2.24) is 10.4 Å². The number of fused-ring (bicyclic) bond motifs is 6. The highest BCUT2D eigenvalue weighted by molar-refractivity contribution is 7.87. The van der Waals surface area contributed by atoms with Gasteiger partial charge in [-0.1, -0.05) is 12.1 Å². The molecule has 2 atom stereocenters. The number of allylic oxidation sites excluding steroid dienone is 6. The van der Waals surface area contributed by atoms with Crippen LogP contribution in [0.15, 0.2) is 110 Å². The number of ether oxygens (including phenoxy) is 2. The number of nitrogens with zero attached hydrogens (tertiary/aromatic N) is 3. The van der Waals surface area contributed by atoms with Gasteiger partial charge in [0.25, 0.3) is 68.3 Å². The van der Waals surface area contributed by atoms with Crippen molar-refractivity contribution in [2.75, 3.05) is 63.5 Å². The minimum atomic E-state index is -5.49. The van der Waals surface area contributed by atoms with Crippen molar-refractivity contribution in [3.63, 3.8) is 0 Å². The van der Waals surface area contributed by atoms with Crippen LogP contribution in [-0.2, 0) is 100 Å². The van der Waals surface area contributed by atoms with Crippen LogP contribution in [0.2, 0.25) is 0 Å². The van der Waals surface area contributed by atoms with Gasteiger partial charge in [0.1, 0.15) is 21.6 Å². The van der Waals surface area contributed by atoms with E-state index in [0.29, 0.717) is 39.6 Å². The Morgan fingerprint density at radius 3 is 1.76 bits per heavy atom. The zero-order valence-corrected chi connectivity index (χ0v) is 56.1. The van der Waals surface area contributed by atoms with Crippen LogP contribution in [0.5, 0.6) is 0 Å². The topological polar surface area (TPSA) is 447 Å². The van der Waals surface area contributed by atoms with Gasteiger partial charge in [0.2, 0.25) is 5.69 Å². The summed E-state index contributed by atoms with van der Waals surface area (Å²) in [6.45, 7) is 5.77. The Labute approximate surface area is 542 Å². The molecule has 0 saturated carbocycles. The molecule has 94 heavy (non-hydrogen) atoms. The van der Waals surface area contributed by atoms with Gasteiger partial charge in [-0.25, -0.2) is 13.2 Å². The molecule has 3 aliphatic heterocycles. The minimum absolute atomic E-state index is 0.00414. The summed E-state index contributed by atoms with van der Waals surface area (Å²) in [5.41, 5.74) is 0.0855. The first-order valence-electron chi connectivity index (χ1n) is 28.5. The lowest BCUT2D eigenvalue weighted by Crippen LogP contribution is -2.34.